The molecule has 0 saturated heterocycles. The van der Waals surface area contributed by atoms with Crippen LogP contribution < -0.4 is 10.1 Å². The molecule has 2 rings (SSSR count). The summed E-state index contributed by atoms with van der Waals surface area (Å²) in [6.45, 7) is 4.21. The summed E-state index contributed by atoms with van der Waals surface area (Å²) < 4.78 is 5.75. The van der Waals surface area contributed by atoms with E-state index in [1.54, 1.807) is 0 Å². The van der Waals surface area contributed by atoms with E-state index in [4.69, 9.17) is 4.74 Å². The Bertz CT molecular complexity index is 383. The molecule has 2 nitrogen and oxygen atoms in total. The van der Waals surface area contributed by atoms with Crippen molar-refractivity contribution in [2.24, 2.45) is 0 Å². The number of thioether (sulfide) groups is 1. The Morgan fingerprint density at radius 2 is 2.26 bits per heavy atom. The summed E-state index contributed by atoms with van der Waals surface area (Å²) in [6.07, 6.45) is 5.77. The monoisotopic (exact) mass is 279 g/mol. The molecular formula is C16H25NOS. The molecule has 2 unspecified atom stereocenters. The largest absolute Gasteiger partial charge is 0.493 e. The first-order chi connectivity index (χ1) is 9.35. The minimum Gasteiger partial charge on any atom is -0.493 e. The highest BCUT2D eigenvalue weighted by Gasteiger charge is 2.23. The number of hydrogen-bond donors (Lipinski definition) is 1. The van der Waals surface area contributed by atoms with Crippen LogP contribution in [0.3, 0.4) is 0 Å². The Hall–Kier alpha value is -0.670. The first-order valence-electron chi connectivity index (χ1n) is 7.29. The zero-order valence-corrected chi connectivity index (χ0v) is 12.8. The van der Waals surface area contributed by atoms with Crippen LogP contribution in [0.25, 0.3) is 0 Å². The van der Waals surface area contributed by atoms with Gasteiger partial charge >= 0.3 is 0 Å². The molecule has 0 aromatic heterocycles. The number of rotatable bonds is 7. The zero-order chi connectivity index (χ0) is 13.5. The Kier molecular flexibility index (Phi) is 6.05. The average Bonchev–Trinajstić information content (AvgIpc) is 2.45. The third-order valence-corrected chi connectivity index (χ3v) is 4.44. The second kappa shape index (κ2) is 7.81. The van der Waals surface area contributed by atoms with Crippen molar-refractivity contribution < 1.29 is 4.74 Å². The van der Waals surface area contributed by atoms with Crippen LogP contribution in [0.5, 0.6) is 5.75 Å². The highest BCUT2D eigenvalue weighted by Crippen LogP contribution is 2.36. The molecule has 1 aliphatic rings. The van der Waals surface area contributed by atoms with Crippen LogP contribution in [-0.4, -0.2) is 31.2 Å². The summed E-state index contributed by atoms with van der Waals surface area (Å²) >= 11 is 1.94. The third-order valence-electron chi connectivity index (χ3n) is 3.70. The first kappa shape index (κ1) is 14.7. The molecule has 0 bridgehead atoms. The summed E-state index contributed by atoms with van der Waals surface area (Å²) in [5.41, 5.74) is 1.40. The van der Waals surface area contributed by atoms with Crippen molar-refractivity contribution in [1.29, 1.82) is 0 Å². The van der Waals surface area contributed by atoms with Crippen LogP contribution in [0, 0.1) is 0 Å². The topological polar surface area (TPSA) is 21.3 Å². The molecule has 0 fully saturated rings. The Balaban J connectivity index is 2.01. The molecule has 0 aliphatic carbocycles. The maximum Gasteiger partial charge on any atom is 0.122 e. The fourth-order valence-corrected chi connectivity index (χ4v) is 3.42. The van der Waals surface area contributed by atoms with Gasteiger partial charge in [0, 0.05) is 11.8 Å². The number of benzene rings is 1. The van der Waals surface area contributed by atoms with Gasteiger partial charge in [-0.05, 0) is 49.6 Å². The van der Waals surface area contributed by atoms with E-state index in [1.807, 2.05) is 11.8 Å². The van der Waals surface area contributed by atoms with Gasteiger partial charge in [-0.15, -0.1) is 0 Å². The van der Waals surface area contributed by atoms with Crippen molar-refractivity contribution >= 4 is 11.8 Å². The molecule has 3 heteroatoms. The Labute approximate surface area is 121 Å². The Morgan fingerprint density at radius 3 is 3.05 bits per heavy atom. The first-order valence-corrected chi connectivity index (χ1v) is 8.68. The van der Waals surface area contributed by atoms with Crippen molar-refractivity contribution in [2.45, 2.75) is 38.1 Å². The van der Waals surface area contributed by atoms with Crippen LogP contribution in [-0.2, 0) is 0 Å². The molecule has 0 spiro atoms. The SMILES string of the molecule is CCCNC(CSC)CC1CCOc2ccccc21. The minimum atomic E-state index is 0.617. The van der Waals surface area contributed by atoms with Crippen LogP contribution in [0.15, 0.2) is 24.3 Å². The van der Waals surface area contributed by atoms with Gasteiger partial charge in [-0.25, -0.2) is 0 Å². The number of ether oxygens (including phenoxy) is 1. The predicted molar refractivity (Wildman–Crippen MR) is 84.4 cm³/mol. The molecule has 1 N–H and O–H groups in total. The lowest BCUT2D eigenvalue weighted by Gasteiger charge is -2.29. The molecular weight excluding hydrogens is 254 g/mol. The lowest BCUT2D eigenvalue weighted by molar-refractivity contribution is 0.257. The van der Waals surface area contributed by atoms with Gasteiger partial charge in [0.05, 0.1) is 6.61 Å². The van der Waals surface area contributed by atoms with E-state index in [9.17, 15) is 0 Å². The summed E-state index contributed by atoms with van der Waals surface area (Å²) in [5.74, 6) is 2.93. The molecule has 1 heterocycles. The van der Waals surface area contributed by atoms with Crippen molar-refractivity contribution in [2.75, 3.05) is 25.2 Å². The lowest BCUT2D eigenvalue weighted by Crippen LogP contribution is -2.34. The normalized spacial score (nSPS) is 19.6. The number of para-hydroxylation sites is 1. The number of nitrogens with one attached hydrogen (secondary N) is 1. The molecule has 1 aromatic carbocycles. The second-order valence-electron chi connectivity index (χ2n) is 5.21. The summed E-state index contributed by atoms with van der Waals surface area (Å²) in [7, 11) is 0. The van der Waals surface area contributed by atoms with E-state index in [2.05, 4.69) is 42.8 Å². The summed E-state index contributed by atoms with van der Waals surface area (Å²) in [4.78, 5) is 0. The molecule has 2 atom stereocenters. The van der Waals surface area contributed by atoms with E-state index >= 15 is 0 Å². The van der Waals surface area contributed by atoms with Crippen molar-refractivity contribution in [3.05, 3.63) is 29.8 Å². The fraction of sp³-hybridized carbons (Fsp3) is 0.625. The standard InChI is InChI=1S/C16H25NOS/c1-3-9-17-14(12-19-2)11-13-8-10-18-16-7-5-4-6-15(13)16/h4-7,13-14,17H,3,8-12H2,1-2H3. The zero-order valence-electron chi connectivity index (χ0n) is 12.0. The van der Waals surface area contributed by atoms with Crippen molar-refractivity contribution in [3.8, 4) is 5.75 Å². The predicted octanol–water partition coefficient (Wildman–Crippen LogP) is 3.67. The maximum atomic E-state index is 5.75. The number of hydrogen-bond acceptors (Lipinski definition) is 3. The third kappa shape index (κ3) is 4.15. The molecule has 0 amide bonds. The van der Waals surface area contributed by atoms with Gasteiger partial charge in [0.1, 0.15) is 5.75 Å². The molecule has 1 aliphatic heterocycles. The van der Waals surface area contributed by atoms with Gasteiger partial charge < -0.3 is 10.1 Å². The quantitative estimate of drug-likeness (QED) is 0.823. The highest BCUT2D eigenvalue weighted by molar-refractivity contribution is 7.98. The Morgan fingerprint density at radius 1 is 1.42 bits per heavy atom. The van der Waals surface area contributed by atoms with Gasteiger partial charge in [0.15, 0.2) is 0 Å². The van der Waals surface area contributed by atoms with Gasteiger partial charge in [-0.3, -0.25) is 0 Å². The minimum absolute atomic E-state index is 0.617. The fourth-order valence-electron chi connectivity index (χ4n) is 2.76. The second-order valence-corrected chi connectivity index (χ2v) is 6.12. The smallest absolute Gasteiger partial charge is 0.122 e. The van der Waals surface area contributed by atoms with Gasteiger partial charge in [0.2, 0.25) is 0 Å². The molecule has 106 valence electrons. The van der Waals surface area contributed by atoms with Gasteiger partial charge in [0.25, 0.3) is 0 Å². The average molecular weight is 279 g/mol. The molecule has 19 heavy (non-hydrogen) atoms. The number of fused-ring (bicyclic) bond motifs is 1. The van der Waals surface area contributed by atoms with E-state index in [0.29, 0.717) is 12.0 Å². The van der Waals surface area contributed by atoms with Crippen LogP contribution in [0.1, 0.15) is 37.7 Å². The van der Waals surface area contributed by atoms with Crippen molar-refractivity contribution in [1.82, 2.24) is 5.32 Å². The van der Waals surface area contributed by atoms with Gasteiger partial charge in [-0.1, -0.05) is 25.1 Å². The molecule has 0 radical (unpaired) electrons. The van der Waals surface area contributed by atoms with Crippen LogP contribution in [0.2, 0.25) is 0 Å². The molecule has 1 aromatic rings. The maximum absolute atomic E-state index is 5.75. The van der Waals surface area contributed by atoms with Crippen LogP contribution in [0.4, 0.5) is 0 Å². The molecule has 0 saturated carbocycles. The van der Waals surface area contributed by atoms with Gasteiger partial charge in [-0.2, -0.15) is 11.8 Å². The van der Waals surface area contributed by atoms with E-state index < -0.39 is 0 Å². The lowest BCUT2D eigenvalue weighted by atomic mass is 9.88. The van der Waals surface area contributed by atoms with E-state index in [-0.39, 0.29) is 0 Å². The van der Waals surface area contributed by atoms with Crippen LogP contribution >= 0.6 is 11.8 Å². The summed E-state index contributed by atoms with van der Waals surface area (Å²) in [6, 6.07) is 9.14. The van der Waals surface area contributed by atoms with E-state index in [1.165, 1.54) is 24.2 Å². The van der Waals surface area contributed by atoms with E-state index in [0.717, 1.165) is 25.3 Å². The summed E-state index contributed by atoms with van der Waals surface area (Å²) in [5, 5.41) is 3.69. The highest BCUT2D eigenvalue weighted by atomic mass is 32.2. The van der Waals surface area contributed by atoms with Crippen molar-refractivity contribution in [3.63, 3.8) is 0 Å².